The highest BCUT2D eigenvalue weighted by Gasteiger charge is 2.14. The lowest BCUT2D eigenvalue weighted by Crippen LogP contribution is -2.49. The van der Waals surface area contributed by atoms with E-state index in [0.29, 0.717) is 12.3 Å². The van der Waals surface area contributed by atoms with Crippen LogP contribution in [0.5, 0.6) is 5.75 Å². The van der Waals surface area contributed by atoms with Gasteiger partial charge < -0.3 is 20.3 Å². The summed E-state index contributed by atoms with van der Waals surface area (Å²) >= 11 is 0. The van der Waals surface area contributed by atoms with Crippen LogP contribution in [0.15, 0.2) is 29.3 Å². The molecule has 1 unspecified atom stereocenters. The molecule has 0 aliphatic carbocycles. The van der Waals surface area contributed by atoms with E-state index >= 15 is 0 Å². The van der Waals surface area contributed by atoms with Gasteiger partial charge in [0.15, 0.2) is 5.96 Å². The summed E-state index contributed by atoms with van der Waals surface area (Å²) in [6, 6.07) is 6.07. The fraction of sp³-hybridized carbons (Fsp3) is 0.650. The number of halogens is 1. The Kier molecular flexibility index (Phi) is 9.35. The maximum atomic E-state index is 13.0. The zero-order chi connectivity index (χ0) is 19.5. The molecule has 27 heavy (non-hydrogen) atoms. The van der Waals surface area contributed by atoms with Gasteiger partial charge in [-0.3, -0.25) is 4.90 Å². The minimum atomic E-state index is -0.261. The molecule has 6 nitrogen and oxygen atoms in total. The molecular weight excluding hydrogens is 345 g/mol. The topological polar surface area (TPSA) is 52.1 Å². The number of piperazine rings is 1. The Bertz CT molecular complexity index is 558. The first-order chi connectivity index (χ1) is 13.1. The van der Waals surface area contributed by atoms with Crippen molar-refractivity contribution in [3.8, 4) is 5.75 Å². The lowest BCUT2D eigenvalue weighted by Gasteiger charge is -2.34. The molecule has 1 aliphatic rings. The molecule has 0 aromatic heterocycles. The molecule has 7 heteroatoms. The van der Waals surface area contributed by atoms with Crippen molar-refractivity contribution in [2.24, 2.45) is 4.99 Å². The van der Waals surface area contributed by atoms with Crippen LogP contribution in [0.25, 0.3) is 0 Å². The molecule has 2 rings (SSSR count). The van der Waals surface area contributed by atoms with Crippen LogP contribution in [0.4, 0.5) is 4.39 Å². The van der Waals surface area contributed by atoms with Crippen LogP contribution in [-0.4, -0.2) is 80.8 Å². The van der Waals surface area contributed by atoms with Gasteiger partial charge in [0.25, 0.3) is 0 Å². The van der Waals surface area contributed by atoms with E-state index in [4.69, 9.17) is 4.74 Å². The average molecular weight is 380 g/mol. The number of guanidine groups is 1. The largest absolute Gasteiger partial charge is 0.489 e. The number of likely N-dealkylation sites (N-methyl/N-ethyl adjacent to an activating group) is 1. The van der Waals surface area contributed by atoms with E-state index in [0.717, 1.165) is 58.3 Å². The molecule has 0 radical (unpaired) electrons. The second-order valence-corrected chi connectivity index (χ2v) is 6.80. The van der Waals surface area contributed by atoms with Crippen LogP contribution in [0, 0.1) is 5.82 Å². The van der Waals surface area contributed by atoms with Crippen LogP contribution in [0.1, 0.15) is 20.8 Å². The van der Waals surface area contributed by atoms with Crippen LogP contribution in [-0.2, 0) is 0 Å². The lowest BCUT2D eigenvalue weighted by molar-refractivity contribution is 0.139. The normalized spacial score (nSPS) is 17.6. The summed E-state index contributed by atoms with van der Waals surface area (Å²) in [5.74, 6) is 1.20. The Morgan fingerprint density at radius 2 is 1.78 bits per heavy atom. The summed E-state index contributed by atoms with van der Waals surface area (Å²) in [4.78, 5) is 9.58. The zero-order valence-corrected chi connectivity index (χ0v) is 16.9. The molecule has 0 spiro atoms. The maximum absolute atomic E-state index is 13.0. The van der Waals surface area contributed by atoms with Gasteiger partial charge in [0.2, 0.25) is 0 Å². The van der Waals surface area contributed by atoms with E-state index in [2.05, 4.69) is 39.3 Å². The quantitative estimate of drug-likeness (QED) is 0.506. The molecule has 1 aromatic carbocycles. The third-order valence-corrected chi connectivity index (χ3v) is 4.63. The minimum Gasteiger partial charge on any atom is -0.489 e. The highest BCUT2D eigenvalue weighted by Crippen LogP contribution is 2.13. The van der Waals surface area contributed by atoms with E-state index in [1.54, 1.807) is 12.1 Å². The summed E-state index contributed by atoms with van der Waals surface area (Å²) in [6.07, 6.45) is -0.0898. The third kappa shape index (κ3) is 8.13. The first-order valence-corrected chi connectivity index (χ1v) is 9.99. The fourth-order valence-electron chi connectivity index (χ4n) is 3.01. The molecule has 0 bridgehead atoms. The standard InChI is InChI=1S/C20H34FN5O/c1-4-22-20(23-10-11-26-14-12-25(5-2)13-15-26)24-16-17(3)27-19-8-6-18(21)7-9-19/h6-9,17H,4-5,10-16H2,1-3H3,(H2,22,23,24). The van der Waals surface area contributed by atoms with Crippen LogP contribution in [0.2, 0.25) is 0 Å². The summed E-state index contributed by atoms with van der Waals surface area (Å²) in [6.45, 7) is 15.2. The van der Waals surface area contributed by atoms with E-state index < -0.39 is 0 Å². The van der Waals surface area contributed by atoms with Gasteiger partial charge in [-0.1, -0.05) is 6.92 Å². The van der Waals surface area contributed by atoms with Crippen molar-refractivity contribution < 1.29 is 9.13 Å². The molecule has 1 saturated heterocycles. The third-order valence-electron chi connectivity index (χ3n) is 4.63. The molecule has 1 atom stereocenters. The van der Waals surface area contributed by atoms with Crippen molar-refractivity contribution >= 4 is 5.96 Å². The number of benzene rings is 1. The smallest absolute Gasteiger partial charge is 0.191 e. The monoisotopic (exact) mass is 379 g/mol. The predicted octanol–water partition coefficient (Wildman–Crippen LogP) is 1.79. The van der Waals surface area contributed by atoms with Gasteiger partial charge in [0.1, 0.15) is 17.7 Å². The molecule has 1 fully saturated rings. The number of nitrogens with one attached hydrogen (secondary N) is 2. The van der Waals surface area contributed by atoms with E-state index in [-0.39, 0.29) is 11.9 Å². The molecule has 1 aromatic rings. The van der Waals surface area contributed by atoms with E-state index in [9.17, 15) is 4.39 Å². The van der Waals surface area contributed by atoms with Crippen LogP contribution in [0.3, 0.4) is 0 Å². The highest BCUT2D eigenvalue weighted by molar-refractivity contribution is 5.79. The Balaban J connectivity index is 1.72. The van der Waals surface area contributed by atoms with Gasteiger partial charge in [0, 0.05) is 45.8 Å². The Morgan fingerprint density at radius 1 is 1.11 bits per heavy atom. The van der Waals surface area contributed by atoms with Crippen molar-refractivity contribution in [1.82, 2.24) is 20.4 Å². The van der Waals surface area contributed by atoms with Gasteiger partial charge in [0.05, 0.1) is 6.54 Å². The number of hydrogen-bond acceptors (Lipinski definition) is 4. The number of ether oxygens (including phenoxy) is 1. The Labute approximate surface area is 162 Å². The molecule has 0 saturated carbocycles. The lowest BCUT2D eigenvalue weighted by atomic mass is 10.3. The first-order valence-electron chi connectivity index (χ1n) is 9.99. The second kappa shape index (κ2) is 11.8. The van der Waals surface area contributed by atoms with Gasteiger partial charge in [-0.25, -0.2) is 9.38 Å². The van der Waals surface area contributed by atoms with Gasteiger partial charge in [-0.05, 0) is 44.7 Å². The minimum absolute atomic E-state index is 0.0898. The van der Waals surface area contributed by atoms with E-state index in [1.165, 1.54) is 12.1 Å². The summed E-state index contributed by atoms with van der Waals surface area (Å²) in [5, 5.41) is 6.67. The summed E-state index contributed by atoms with van der Waals surface area (Å²) < 4.78 is 18.7. The maximum Gasteiger partial charge on any atom is 0.191 e. The summed E-state index contributed by atoms with van der Waals surface area (Å²) in [7, 11) is 0. The van der Waals surface area contributed by atoms with Crippen LogP contribution >= 0.6 is 0 Å². The second-order valence-electron chi connectivity index (χ2n) is 6.80. The molecule has 152 valence electrons. The molecule has 2 N–H and O–H groups in total. The van der Waals surface area contributed by atoms with Crippen molar-refractivity contribution in [1.29, 1.82) is 0 Å². The van der Waals surface area contributed by atoms with Gasteiger partial charge in [-0.15, -0.1) is 0 Å². The van der Waals surface area contributed by atoms with Gasteiger partial charge in [-0.2, -0.15) is 0 Å². The van der Waals surface area contributed by atoms with Crippen LogP contribution < -0.4 is 15.4 Å². The molecule has 0 amide bonds. The highest BCUT2D eigenvalue weighted by atomic mass is 19.1. The van der Waals surface area contributed by atoms with Crippen molar-refractivity contribution in [2.75, 3.05) is 58.9 Å². The SMILES string of the molecule is CCNC(=NCC(C)Oc1ccc(F)cc1)NCCN1CCN(CC)CC1. The van der Waals surface area contributed by atoms with Crippen molar-refractivity contribution in [3.05, 3.63) is 30.1 Å². The number of aliphatic imine (C=N–C) groups is 1. The zero-order valence-electron chi connectivity index (χ0n) is 16.9. The first kappa shape index (κ1) is 21.4. The molecule has 1 aliphatic heterocycles. The number of rotatable bonds is 9. The average Bonchev–Trinajstić information content (AvgIpc) is 2.68. The fourth-order valence-corrected chi connectivity index (χ4v) is 3.01. The number of hydrogen-bond donors (Lipinski definition) is 2. The van der Waals surface area contributed by atoms with E-state index in [1.807, 2.05) is 6.92 Å². The summed E-state index contributed by atoms with van der Waals surface area (Å²) in [5.41, 5.74) is 0. The molecular formula is C20H34FN5O. The number of nitrogens with zero attached hydrogens (tertiary/aromatic N) is 3. The predicted molar refractivity (Wildman–Crippen MR) is 109 cm³/mol. The Hall–Kier alpha value is -1.86. The molecule has 1 heterocycles. The Morgan fingerprint density at radius 3 is 2.41 bits per heavy atom. The van der Waals surface area contributed by atoms with Gasteiger partial charge >= 0.3 is 0 Å². The van der Waals surface area contributed by atoms with Crippen molar-refractivity contribution in [2.45, 2.75) is 26.9 Å². The van der Waals surface area contributed by atoms with Crippen molar-refractivity contribution in [3.63, 3.8) is 0 Å².